The zero-order valence-corrected chi connectivity index (χ0v) is 15.2. The lowest BCUT2D eigenvalue weighted by Crippen LogP contribution is -2.43. The Bertz CT molecular complexity index is 696. The summed E-state index contributed by atoms with van der Waals surface area (Å²) in [5.41, 5.74) is 0.971. The van der Waals surface area contributed by atoms with Crippen LogP contribution in [0.25, 0.3) is 0 Å². The number of rotatable bonds is 7. The van der Waals surface area contributed by atoms with Crippen molar-refractivity contribution < 1.29 is 8.81 Å². The van der Waals surface area contributed by atoms with Crippen molar-refractivity contribution >= 4 is 5.96 Å². The molecule has 1 atom stereocenters. The summed E-state index contributed by atoms with van der Waals surface area (Å²) in [5, 5.41) is 6.69. The molecule has 1 aromatic heterocycles. The molecule has 0 saturated carbocycles. The zero-order valence-electron chi connectivity index (χ0n) is 15.2. The van der Waals surface area contributed by atoms with E-state index in [1.54, 1.807) is 25.4 Å². The molecule has 1 aliphatic heterocycles. The first-order chi connectivity index (χ1) is 12.8. The van der Waals surface area contributed by atoms with Gasteiger partial charge in [0.1, 0.15) is 11.6 Å². The molecule has 2 aromatic rings. The second-order valence-corrected chi connectivity index (χ2v) is 6.53. The Balaban J connectivity index is 1.50. The van der Waals surface area contributed by atoms with Crippen molar-refractivity contribution in [2.24, 2.45) is 4.99 Å². The number of aliphatic imine (C=N–C) groups is 1. The third kappa shape index (κ3) is 5.08. The SMILES string of the molecule is CN=C(NCCc1cccc(F)c1)NCC(c1ccco1)N1CCCC1. The fourth-order valence-corrected chi connectivity index (χ4v) is 3.38. The number of likely N-dealkylation sites (tertiary alicyclic amines) is 1. The monoisotopic (exact) mass is 358 g/mol. The van der Waals surface area contributed by atoms with E-state index < -0.39 is 0 Å². The second-order valence-electron chi connectivity index (χ2n) is 6.53. The van der Waals surface area contributed by atoms with Gasteiger partial charge in [0.25, 0.3) is 0 Å². The van der Waals surface area contributed by atoms with Crippen LogP contribution in [0.4, 0.5) is 4.39 Å². The van der Waals surface area contributed by atoms with Gasteiger partial charge in [-0.25, -0.2) is 4.39 Å². The molecular weight excluding hydrogens is 331 g/mol. The largest absolute Gasteiger partial charge is 0.468 e. The van der Waals surface area contributed by atoms with Crippen molar-refractivity contribution in [3.63, 3.8) is 0 Å². The summed E-state index contributed by atoms with van der Waals surface area (Å²) in [5.74, 6) is 1.53. The number of halogens is 1. The highest BCUT2D eigenvalue weighted by Crippen LogP contribution is 2.24. The van der Waals surface area contributed by atoms with Crippen molar-refractivity contribution in [3.05, 3.63) is 59.8 Å². The van der Waals surface area contributed by atoms with E-state index in [9.17, 15) is 4.39 Å². The highest BCUT2D eigenvalue weighted by atomic mass is 19.1. The molecule has 26 heavy (non-hydrogen) atoms. The highest BCUT2D eigenvalue weighted by Gasteiger charge is 2.25. The van der Waals surface area contributed by atoms with Crippen LogP contribution in [0.3, 0.4) is 0 Å². The van der Waals surface area contributed by atoms with Gasteiger partial charge in [-0.2, -0.15) is 0 Å². The molecular formula is C20H27FN4O. The summed E-state index contributed by atoms with van der Waals surface area (Å²) in [4.78, 5) is 6.74. The van der Waals surface area contributed by atoms with Gasteiger partial charge in [0.15, 0.2) is 5.96 Å². The fraction of sp³-hybridized carbons (Fsp3) is 0.450. The van der Waals surface area contributed by atoms with Crippen molar-refractivity contribution in [1.82, 2.24) is 15.5 Å². The fourth-order valence-electron chi connectivity index (χ4n) is 3.38. The van der Waals surface area contributed by atoms with Gasteiger partial charge < -0.3 is 15.1 Å². The maximum atomic E-state index is 13.2. The average molecular weight is 358 g/mol. The summed E-state index contributed by atoms with van der Waals surface area (Å²) in [7, 11) is 1.76. The quantitative estimate of drug-likeness (QED) is 0.590. The van der Waals surface area contributed by atoms with Gasteiger partial charge >= 0.3 is 0 Å². The molecule has 6 heteroatoms. The number of furan rings is 1. The predicted octanol–water partition coefficient (Wildman–Crippen LogP) is 2.96. The van der Waals surface area contributed by atoms with Crippen LogP contribution in [-0.4, -0.2) is 44.1 Å². The van der Waals surface area contributed by atoms with Gasteiger partial charge in [-0.05, 0) is 62.2 Å². The summed E-state index contributed by atoms with van der Waals surface area (Å²) in [6, 6.07) is 10.9. The van der Waals surface area contributed by atoms with Crippen LogP contribution in [0.15, 0.2) is 52.1 Å². The highest BCUT2D eigenvalue weighted by molar-refractivity contribution is 5.79. The summed E-state index contributed by atoms with van der Waals surface area (Å²) < 4.78 is 18.9. The van der Waals surface area contributed by atoms with Gasteiger partial charge in [-0.3, -0.25) is 9.89 Å². The molecule has 0 spiro atoms. The third-order valence-corrected chi connectivity index (χ3v) is 4.73. The second kappa shape index (κ2) is 9.38. The Hall–Kier alpha value is -2.34. The molecule has 1 saturated heterocycles. The Morgan fingerprint density at radius 3 is 2.77 bits per heavy atom. The Morgan fingerprint density at radius 2 is 2.08 bits per heavy atom. The Kier molecular flexibility index (Phi) is 6.66. The van der Waals surface area contributed by atoms with Crippen molar-refractivity contribution in [1.29, 1.82) is 0 Å². The topological polar surface area (TPSA) is 52.8 Å². The molecule has 0 bridgehead atoms. The van der Waals surface area contributed by atoms with Crippen molar-refractivity contribution in [2.45, 2.75) is 25.3 Å². The number of nitrogens with zero attached hydrogens (tertiary/aromatic N) is 2. The molecule has 0 amide bonds. The first-order valence-electron chi connectivity index (χ1n) is 9.22. The first kappa shape index (κ1) is 18.5. The molecule has 1 aromatic carbocycles. The van der Waals surface area contributed by atoms with Crippen LogP contribution < -0.4 is 10.6 Å². The minimum atomic E-state index is -0.197. The van der Waals surface area contributed by atoms with E-state index in [4.69, 9.17) is 4.42 Å². The summed E-state index contributed by atoms with van der Waals surface area (Å²) >= 11 is 0. The lowest BCUT2D eigenvalue weighted by atomic mass is 10.1. The van der Waals surface area contributed by atoms with Crippen molar-refractivity contribution in [2.75, 3.05) is 33.2 Å². The normalized spacial score (nSPS) is 16.6. The van der Waals surface area contributed by atoms with Crippen LogP contribution in [0.1, 0.15) is 30.2 Å². The smallest absolute Gasteiger partial charge is 0.191 e. The molecule has 5 nitrogen and oxygen atoms in total. The number of guanidine groups is 1. The van der Waals surface area contributed by atoms with Gasteiger partial charge in [0.2, 0.25) is 0 Å². The van der Waals surface area contributed by atoms with E-state index in [1.165, 1.54) is 18.9 Å². The minimum absolute atomic E-state index is 0.197. The molecule has 0 aliphatic carbocycles. The first-order valence-corrected chi connectivity index (χ1v) is 9.22. The summed E-state index contributed by atoms with van der Waals surface area (Å²) in [6.45, 7) is 3.61. The maximum Gasteiger partial charge on any atom is 0.191 e. The van der Waals surface area contributed by atoms with E-state index in [0.29, 0.717) is 6.54 Å². The van der Waals surface area contributed by atoms with Gasteiger partial charge in [0.05, 0.1) is 12.3 Å². The van der Waals surface area contributed by atoms with Crippen LogP contribution in [0.5, 0.6) is 0 Å². The van der Waals surface area contributed by atoms with E-state index in [1.807, 2.05) is 18.2 Å². The maximum absolute atomic E-state index is 13.2. The predicted molar refractivity (Wildman–Crippen MR) is 102 cm³/mol. The van der Waals surface area contributed by atoms with E-state index in [2.05, 4.69) is 20.5 Å². The Morgan fingerprint density at radius 1 is 1.23 bits per heavy atom. The number of hydrogen-bond donors (Lipinski definition) is 2. The zero-order chi connectivity index (χ0) is 18.2. The van der Waals surface area contributed by atoms with Gasteiger partial charge in [-0.15, -0.1) is 0 Å². The lowest BCUT2D eigenvalue weighted by Gasteiger charge is -2.26. The molecule has 140 valence electrons. The molecule has 1 aliphatic rings. The lowest BCUT2D eigenvalue weighted by molar-refractivity contribution is 0.215. The third-order valence-electron chi connectivity index (χ3n) is 4.73. The molecule has 0 radical (unpaired) electrons. The number of benzene rings is 1. The molecule has 1 unspecified atom stereocenters. The average Bonchev–Trinajstić information content (AvgIpc) is 3.35. The van der Waals surface area contributed by atoms with E-state index in [-0.39, 0.29) is 11.9 Å². The van der Waals surface area contributed by atoms with Crippen LogP contribution in [0.2, 0.25) is 0 Å². The Labute approximate surface area is 154 Å². The number of hydrogen-bond acceptors (Lipinski definition) is 3. The van der Waals surface area contributed by atoms with Crippen molar-refractivity contribution in [3.8, 4) is 0 Å². The van der Waals surface area contributed by atoms with Gasteiger partial charge in [-0.1, -0.05) is 12.1 Å². The molecule has 2 N–H and O–H groups in total. The standard InChI is InChI=1S/C20H27FN4O/c1-22-20(23-10-9-16-6-4-7-17(21)14-16)24-15-18(19-8-5-13-26-19)25-11-2-3-12-25/h4-8,13-14,18H,2-3,9-12,15H2,1H3,(H2,22,23,24). The van der Waals surface area contributed by atoms with E-state index in [0.717, 1.165) is 43.3 Å². The van der Waals surface area contributed by atoms with E-state index >= 15 is 0 Å². The van der Waals surface area contributed by atoms with Crippen LogP contribution in [-0.2, 0) is 6.42 Å². The molecule has 3 rings (SSSR count). The van der Waals surface area contributed by atoms with Gasteiger partial charge in [0, 0.05) is 20.1 Å². The molecule has 1 fully saturated rings. The number of nitrogens with one attached hydrogen (secondary N) is 2. The van der Waals surface area contributed by atoms with Crippen LogP contribution in [0, 0.1) is 5.82 Å². The summed E-state index contributed by atoms with van der Waals surface area (Å²) in [6.07, 6.45) is 4.94. The van der Waals surface area contributed by atoms with Crippen LogP contribution >= 0.6 is 0 Å². The molecule has 2 heterocycles. The minimum Gasteiger partial charge on any atom is -0.468 e.